The molecule has 1 aliphatic carbocycles. The van der Waals surface area contributed by atoms with E-state index in [2.05, 4.69) is 39.2 Å². The molecule has 0 bridgehead atoms. The molecule has 2 aromatic rings. The minimum atomic E-state index is -3.54. The summed E-state index contributed by atoms with van der Waals surface area (Å²) >= 11 is 0. The first-order valence-corrected chi connectivity index (χ1v) is 13.5. The van der Waals surface area contributed by atoms with Gasteiger partial charge in [0.2, 0.25) is 0 Å². The molecule has 176 valence electrons. The number of tetrazole rings is 1. The summed E-state index contributed by atoms with van der Waals surface area (Å²) in [7, 11) is -3.54. The molecule has 32 heavy (non-hydrogen) atoms. The van der Waals surface area contributed by atoms with Crippen molar-refractivity contribution in [2.24, 2.45) is 5.92 Å². The Balaban J connectivity index is 1.51. The molecule has 1 saturated carbocycles. The monoisotopic (exact) mass is 460 g/mol. The SMILES string of the molecule is Cc1ccc(S(=O)(=O)Cn2nnnc2[C@H](CC(C)C)N2CCN(C3CCCC3)CC2)cc1. The average Bonchev–Trinajstić information content (AvgIpc) is 3.45. The lowest BCUT2D eigenvalue weighted by atomic mass is 10.0. The number of aryl methyl sites for hydroxylation is 1. The van der Waals surface area contributed by atoms with Gasteiger partial charge < -0.3 is 0 Å². The zero-order valence-electron chi connectivity index (χ0n) is 19.5. The third-order valence-corrected chi connectivity index (χ3v) is 8.43. The molecule has 0 spiro atoms. The summed E-state index contributed by atoms with van der Waals surface area (Å²) in [5, 5.41) is 12.3. The van der Waals surface area contributed by atoms with E-state index in [4.69, 9.17) is 0 Å². The molecule has 1 aromatic heterocycles. The van der Waals surface area contributed by atoms with E-state index in [0.29, 0.717) is 16.6 Å². The van der Waals surface area contributed by atoms with Gasteiger partial charge in [-0.1, -0.05) is 44.4 Å². The van der Waals surface area contributed by atoms with Crippen LogP contribution in [0.5, 0.6) is 0 Å². The zero-order chi connectivity index (χ0) is 22.7. The molecule has 1 aromatic carbocycles. The fourth-order valence-corrected chi connectivity index (χ4v) is 6.28. The summed E-state index contributed by atoms with van der Waals surface area (Å²) in [4.78, 5) is 5.39. The van der Waals surface area contributed by atoms with Gasteiger partial charge in [-0.05, 0) is 54.7 Å². The van der Waals surface area contributed by atoms with Crippen molar-refractivity contribution in [1.29, 1.82) is 0 Å². The van der Waals surface area contributed by atoms with E-state index in [1.165, 1.54) is 30.4 Å². The summed E-state index contributed by atoms with van der Waals surface area (Å²) in [5.74, 6) is 0.866. The number of aromatic nitrogens is 4. The molecule has 4 rings (SSSR count). The van der Waals surface area contributed by atoms with Crippen molar-refractivity contribution in [3.63, 3.8) is 0 Å². The van der Waals surface area contributed by atoms with Gasteiger partial charge in [-0.2, -0.15) is 0 Å². The lowest BCUT2D eigenvalue weighted by Gasteiger charge is -2.41. The van der Waals surface area contributed by atoms with Crippen molar-refractivity contribution in [2.45, 2.75) is 75.7 Å². The summed E-state index contributed by atoms with van der Waals surface area (Å²) in [6, 6.07) is 7.71. The van der Waals surface area contributed by atoms with Crippen LogP contribution in [-0.4, -0.2) is 70.6 Å². The van der Waals surface area contributed by atoms with Crippen molar-refractivity contribution < 1.29 is 8.42 Å². The van der Waals surface area contributed by atoms with E-state index in [9.17, 15) is 8.42 Å². The van der Waals surface area contributed by atoms with E-state index in [1.54, 1.807) is 12.1 Å². The predicted molar refractivity (Wildman–Crippen MR) is 124 cm³/mol. The molecular weight excluding hydrogens is 424 g/mol. The predicted octanol–water partition coefficient (Wildman–Crippen LogP) is 3.06. The van der Waals surface area contributed by atoms with Crippen LogP contribution >= 0.6 is 0 Å². The molecule has 2 fully saturated rings. The molecule has 1 atom stereocenters. The molecule has 0 amide bonds. The Hall–Kier alpha value is -1.84. The molecule has 1 aliphatic heterocycles. The van der Waals surface area contributed by atoms with E-state index in [1.807, 2.05) is 19.1 Å². The first-order valence-electron chi connectivity index (χ1n) is 11.9. The maximum atomic E-state index is 13.0. The van der Waals surface area contributed by atoms with Gasteiger partial charge in [-0.25, -0.2) is 13.1 Å². The van der Waals surface area contributed by atoms with Crippen molar-refractivity contribution in [1.82, 2.24) is 30.0 Å². The molecule has 2 heterocycles. The lowest BCUT2D eigenvalue weighted by molar-refractivity contribution is 0.0589. The van der Waals surface area contributed by atoms with Gasteiger partial charge in [-0.3, -0.25) is 9.80 Å². The smallest absolute Gasteiger partial charge is 0.198 e. The Morgan fingerprint density at radius 1 is 1.03 bits per heavy atom. The van der Waals surface area contributed by atoms with Gasteiger partial charge in [-0.15, -0.1) is 5.10 Å². The van der Waals surface area contributed by atoms with Gasteiger partial charge in [0.1, 0.15) is 0 Å². The number of benzene rings is 1. The van der Waals surface area contributed by atoms with Crippen molar-refractivity contribution >= 4 is 9.84 Å². The minimum Gasteiger partial charge on any atom is -0.298 e. The number of piperazine rings is 1. The highest BCUT2D eigenvalue weighted by Gasteiger charge is 2.33. The quantitative estimate of drug-likeness (QED) is 0.598. The number of sulfone groups is 1. The Morgan fingerprint density at radius 3 is 2.31 bits per heavy atom. The first kappa shape index (κ1) is 23.3. The Morgan fingerprint density at radius 2 is 1.69 bits per heavy atom. The summed E-state index contributed by atoms with van der Waals surface area (Å²) in [5.41, 5.74) is 1.03. The van der Waals surface area contributed by atoms with E-state index in [-0.39, 0.29) is 11.9 Å². The Kier molecular flexibility index (Phi) is 7.27. The third kappa shape index (κ3) is 5.38. The summed E-state index contributed by atoms with van der Waals surface area (Å²) < 4.78 is 27.6. The maximum Gasteiger partial charge on any atom is 0.198 e. The normalized spacial score (nSPS) is 20.2. The molecule has 0 unspecified atom stereocenters. The van der Waals surface area contributed by atoms with Crippen LogP contribution < -0.4 is 0 Å². The molecule has 8 nitrogen and oxygen atoms in total. The third-order valence-electron chi connectivity index (χ3n) is 6.86. The highest BCUT2D eigenvalue weighted by Crippen LogP contribution is 2.30. The van der Waals surface area contributed by atoms with Crippen LogP contribution in [0.15, 0.2) is 29.2 Å². The Labute approximate surface area is 191 Å². The maximum absolute atomic E-state index is 13.0. The summed E-state index contributed by atoms with van der Waals surface area (Å²) in [6.07, 6.45) is 6.25. The summed E-state index contributed by atoms with van der Waals surface area (Å²) in [6.45, 7) is 10.4. The highest BCUT2D eigenvalue weighted by atomic mass is 32.2. The second-order valence-corrected chi connectivity index (χ2v) is 11.7. The fourth-order valence-electron chi connectivity index (χ4n) is 5.07. The lowest BCUT2D eigenvalue weighted by Crippen LogP contribution is -2.51. The van der Waals surface area contributed by atoms with Gasteiger partial charge >= 0.3 is 0 Å². The largest absolute Gasteiger partial charge is 0.298 e. The first-order chi connectivity index (χ1) is 15.3. The highest BCUT2D eigenvalue weighted by molar-refractivity contribution is 7.90. The van der Waals surface area contributed by atoms with Crippen LogP contribution in [0.2, 0.25) is 0 Å². The number of hydrogen-bond acceptors (Lipinski definition) is 7. The minimum absolute atomic E-state index is 0.0175. The second-order valence-electron chi connectivity index (χ2n) is 9.75. The zero-order valence-corrected chi connectivity index (χ0v) is 20.3. The number of rotatable bonds is 8. The van der Waals surface area contributed by atoms with Gasteiger partial charge in [0.05, 0.1) is 10.9 Å². The Bertz CT molecular complexity index is 974. The van der Waals surface area contributed by atoms with Gasteiger partial charge in [0, 0.05) is 32.2 Å². The number of hydrogen-bond donors (Lipinski definition) is 0. The average molecular weight is 461 g/mol. The van der Waals surface area contributed by atoms with Crippen LogP contribution in [0.25, 0.3) is 0 Å². The topological polar surface area (TPSA) is 84.2 Å². The van der Waals surface area contributed by atoms with E-state index in [0.717, 1.165) is 44.2 Å². The standard InChI is InChI=1S/C23H36N6O2S/c1-18(2)16-22(28-14-12-27(13-15-28)20-6-4-5-7-20)23-24-25-26-29(23)17-32(30,31)21-10-8-19(3)9-11-21/h8-11,18,20,22H,4-7,12-17H2,1-3H3/t22-/m0/s1. The van der Waals surface area contributed by atoms with Crippen molar-refractivity contribution in [3.8, 4) is 0 Å². The van der Waals surface area contributed by atoms with Crippen LogP contribution in [0.1, 0.15) is 63.4 Å². The van der Waals surface area contributed by atoms with E-state index >= 15 is 0 Å². The number of nitrogens with zero attached hydrogens (tertiary/aromatic N) is 6. The fraction of sp³-hybridized carbons (Fsp3) is 0.696. The molecule has 9 heteroatoms. The molecule has 0 N–H and O–H groups in total. The van der Waals surface area contributed by atoms with Crippen LogP contribution in [0, 0.1) is 12.8 Å². The molecule has 1 saturated heterocycles. The van der Waals surface area contributed by atoms with Crippen molar-refractivity contribution in [3.05, 3.63) is 35.7 Å². The molecule has 2 aliphatic rings. The van der Waals surface area contributed by atoms with Crippen molar-refractivity contribution in [2.75, 3.05) is 26.2 Å². The molecule has 0 radical (unpaired) electrons. The van der Waals surface area contributed by atoms with Gasteiger partial charge in [0.25, 0.3) is 0 Å². The van der Waals surface area contributed by atoms with Gasteiger partial charge in [0.15, 0.2) is 21.5 Å². The molecular formula is C23H36N6O2S. The van der Waals surface area contributed by atoms with E-state index < -0.39 is 9.84 Å². The van der Waals surface area contributed by atoms with Crippen LogP contribution in [0.3, 0.4) is 0 Å². The van der Waals surface area contributed by atoms with Crippen LogP contribution in [-0.2, 0) is 15.7 Å². The van der Waals surface area contributed by atoms with Crippen LogP contribution in [0.4, 0.5) is 0 Å². The second kappa shape index (κ2) is 9.97.